The third-order valence-corrected chi connectivity index (χ3v) is 4.79. The molecule has 2 atom stereocenters. The zero-order valence-corrected chi connectivity index (χ0v) is 16.5. The zero-order chi connectivity index (χ0) is 23.7. The van der Waals surface area contributed by atoms with Crippen molar-refractivity contribution in [2.45, 2.75) is 44.2 Å². The number of aromatic nitrogens is 1. The number of carbonyl (C=O) groups excluding carboxylic acids is 1. The van der Waals surface area contributed by atoms with E-state index in [0.717, 1.165) is 18.3 Å². The average Bonchev–Trinajstić information content (AvgIpc) is 2.68. The molecule has 32 heavy (non-hydrogen) atoms. The summed E-state index contributed by atoms with van der Waals surface area (Å²) < 4.78 is 87.2. The number of pyridine rings is 1. The van der Waals surface area contributed by atoms with E-state index in [9.17, 15) is 31.1 Å². The lowest BCUT2D eigenvalue weighted by atomic mass is 9.84. The molecule has 2 aromatic rings. The summed E-state index contributed by atoms with van der Waals surface area (Å²) >= 11 is 0. The highest BCUT2D eigenvalue weighted by Gasteiger charge is 2.50. The molecule has 0 amide bonds. The fourth-order valence-electron chi connectivity index (χ4n) is 3.31. The van der Waals surface area contributed by atoms with Crippen LogP contribution >= 0.6 is 0 Å². The van der Waals surface area contributed by atoms with E-state index >= 15 is 0 Å². The lowest BCUT2D eigenvalue weighted by molar-refractivity contribution is -0.208. The number of amidine groups is 1. The van der Waals surface area contributed by atoms with Crippen LogP contribution in [0.1, 0.15) is 35.0 Å². The summed E-state index contributed by atoms with van der Waals surface area (Å²) in [5.41, 5.74) is 3.76. The molecule has 0 saturated heterocycles. The Labute approximate surface area is 178 Å². The van der Waals surface area contributed by atoms with Gasteiger partial charge in [0, 0.05) is 18.4 Å². The van der Waals surface area contributed by atoms with Crippen molar-refractivity contribution in [3.8, 4) is 5.75 Å². The van der Waals surface area contributed by atoms with Crippen LogP contribution in [0.15, 0.2) is 41.5 Å². The van der Waals surface area contributed by atoms with Crippen molar-refractivity contribution in [2.75, 3.05) is 0 Å². The van der Waals surface area contributed by atoms with Crippen molar-refractivity contribution in [3.63, 3.8) is 0 Å². The Morgan fingerprint density at radius 2 is 2.03 bits per heavy atom. The Kier molecular flexibility index (Phi) is 6.33. The number of alkyl halides is 5. The van der Waals surface area contributed by atoms with E-state index in [0.29, 0.717) is 0 Å². The van der Waals surface area contributed by atoms with Crippen molar-refractivity contribution in [1.29, 1.82) is 0 Å². The van der Waals surface area contributed by atoms with E-state index in [4.69, 9.17) is 5.73 Å². The Hall–Kier alpha value is -3.31. The molecule has 0 radical (unpaired) electrons. The molecule has 0 aliphatic carbocycles. The molecule has 1 aliphatic rings. The number of halogens is 6. The normalized spacial score (nSPS) is 21.1. The van der Waals surface area contributed by atoms with Crippen LogP contribution in [0.25, 0.3) is 0 Å². The van der Waals surface area contributed by atoms with Crippen LogP contribution in [0.5, 0.6) is 5.75 Å². The van der Waals surface area contributed by atoms with Crippen LogP contribution in [0.2, 0.25) is 0 Å². The number of nitrogens with two attached hydrogens (primary N) is 1. The minimum Gasteiger partial charge on any atom is -0.452 e. The smallest absolute Gasteiger partial charge is 0.425 e. The number of hydrogen-bond acceptors (Lipinski definition) is 6. The summed E-state index contributed by atoms with van der Waals surface area (Å²) in [5, 5.41) is 0. The van der Waals surface area contributed by atoms with Crippen molar-refractivity contribution in [3.05, 3.63) is 59.2 Å². The maximum absolute atomic E-state index is 14.6. The van der Waals surface area contributed by atoms with Gasteiger partial charge in [0.15, 0.2) is 11.9 Å². The number of nitrogens with zero attached hydrogens (tertiary/aromatic N) is 2. The number of ether oxygens (including phenoxy) is 2. The first-order valence-corrected chi connectivity index (χ1v) is 9.19. The summed E-state index contributed by atoms with van der Waals surface area (Å²) in [4.78, 5) is 20.1. The van der Waals surface area contributed by atoms with E-state index < -0.39 is 48.5 Å². The van der Waals surface area contributed by atoms with Gasteiger partial charge in [0.2, 0.25) is 0 Å². The first-order valence-electron chi connectivity index (χ1n) is 9.19. The first kappa shape index (κ1) is 23.4. The molecule has 1 aromatic carbocycles. The Bertz CT molecular complexity index is 1030. The second-order valence-corrected chi connectivity index (χ2v) is 7.25. The van der Waals surface area contributed by atoms with Crippen molar-refractivity contribution in [2.24, 2.45) is 10.7 Å². The number of ketones is 1. The highest BCUT2D eigenvalue weighted by atomic mass is 19.4. The molecule has 0 bridgehead atoms. The number of benzene rings is 1. The van der Waals surface area contributed by atoms with Crippen molar-refractivity contribution < 1.29 is 40.6 Å². The van der Waals surface area contributed by atoms with Crippen LogP contribution in [0.4, 0.5) is 26.3 Å². The van der Waals surface area contributed by atoms with Crippen LogP contribution in [0, 0.1) is 5.82 Å². The van der Waals surface area contributed by atoms with E-state index in [1.54, 1.807) is 0 Å². The minimum absolute atomic E-state index is 0.0610. The predicted molar refractivity (Wildman–Crippen MR) is 99.8 cm³/mol. The van der Waals surface area contributed by atoms with Gasteiger partial charge < -0.3 is 15.2 Å². The number of aliphatic imine (C=N–C) groups is 1. The molecule has 0 spiro atoms. The molecule has 1 aliphatic heterocycles. The monoisotopic (exact) mass is 461 g/mol. The van der Waals surface area contributed by atoms with Gasteiger partial charge >= 0.3 is 12.8 Å². The maximum atomic E-state index is 14.6. The molecule has 1 aromatic heterocycles. The van der Waals surface area contributed by atoms with Gasteiger partial charge in [-0.3, -0.25) is 4.79 Å². The van der Waals surface area contributed by atoms with Gasteiger partial charge in [-0.1, -0.05) is 6.07 Å². The fourth-order valence-corrected chi connectivity index (χ4v) is 3.31. The number of hydrogen-bond donors (Lipinski definition) is 1. The molecule has 2 N–H and O–H groups in total. The van der Waals surface area contributed by atoms with Crippen LogP contribution in [0.3, 0.4) is 0 Å². The number of carbonyl (C=O) groups is 1. The molecule has 12 heteroatoms. The van der Waals surface area contributed by atoms with Crippen molar-refractivity contribution >= 4 is 11.8 Å². The van der Waals surface area contributed by atoms with E-state index in [1.807, 2.05) is 0 Å². The molecule has 3 rings (SSSR count). The summed E-state index contributed by atoms with van der Waals surface area (Å²) in [5.74, 6) is -1.59. The van der Waals surface area contributed by atoms with Gasteiger partial charge in [-0.15, -0.1) is 0 Å². The lowest BCUT2D eigenvalue weighted by Gasteiger charge is -2.36. The third-order valence-electron chi connectivity index (χ3n) is 4.79. The van der Waals surface area contributed by atoms with Gasteiger partial charge in [0.25, 0.3) is 6.02 Å². The molecule has 0 saturated carbocycles. The van der Waals surface area contributed by atoms with Crippen LogP contribution in [-0.2, 0) is 16.7 Å². The molecule has 2 heterocycles. The predicted octanol–water partition coefficient (Wildman–Crippen LogP) is 4.13. The molecule has 0 fully saturated rings. The lowest BCUT2D eigenvalue weighted by Crippen LogP contribution is -2.46. The summed E-state index contributed by atoms with van der Waals surface area (Å²) in [6.45, 7) is -1.76. The molecule has 6 nitrogen and oxygen atoms in total. The average molecular weight is 461 g/mol. The molecular formula is C20H17F6N3O3. The third kappa shape index (κ3) is 5.29. The molecule has 172 valence electrons. The van der Waals surface area contributed by atoms with Gasteiger partial charge in [-0.25, -0.2) is 14.4 Å². The second kappa shape index (κ2) is 8.67. The minimum atomic E-state index is -4.74. The maximum Gasteiger partial charge on any atom is 0.425 e. The Morgan fingerprint density at radius 3 is 2.62 bits per heavy atom. The summed E-state index contributed by atoms with van der Waals surface area (Å²) in [6.07, 6.45) is -7.04. The van der Waals surface area contributed by atoms with E-state index in [-0.39, 0.29) is 29.0 Å². The van der Waals surface area contributed by atoms with E-state index in [2.05, 4.69) is 19.5 Å². The highest BCUT2D eigenvalue weighted by molar-refractivity contribution is 5.95. The molecular weight excluding hydrogens is 444 g/mol. The number of Topliss-reactive ketones (excluding diaryl/α,β-unsaturated/α-hetero) is 1. The van der Waals surface area contributed by atoms with E-state index in [1.165, 1.54) is 25.1 Å². The SMILES string of the molecule is C[C@@]1(c2cc(CC(=O)c3ccc(OC(F)F)cn3)ccc2F)C[C@@H](C(F)(F)F)OC(N)=N1. The van der Waals surface area contributed by atoms with Crippen LogP contribution in [-0.4, -0.2) is 35.7 Å². The quantitative estimate of drug-likeness (QED) is 0.517. The summed E-state index contributed by atoms with van der Waals surface area (Å²) in [6, 6.07) is 5.14. The largest absolute Gasteiger partial charge is 0.452 e. The highest BCUT2D eigenvalue weighted by Crippen LogP contribution is 2.41. The van der Waals surface area contributed by atoms with Crippen LogP contribution < -0.4 is 10.5 Å². The molecule has 0 unspecified atom stereocenters. The summed E-state index contributed by atoms with van der Waals surface area (Å²) in [7, 11) is 0. The van der Waals surface area contributed by atoms with Gasteiger partial charge in [-0.05, 0) is 36.8 Å². The van der Waals surface area contributed by atoms with Gasteiger partial charge in [-0.2, -0.15) is 22.0 Å². The Morgan fingerprint density at radius 1 is 1.31 bits per heavy atom. The zero-order valence-electron chi connectivity index (χ0n) is 16.5. The fraction of sp³-hybridized carbons (Fsp3) is 0.350. The topological polar surface area (TPSA) is 86.8 Å². The van der Waals surface area contributed by atoms with Gasteiger partial charge in [0.1, 0.15) is 17.3 Å². The number of rotatable bonds is 6. The van der Waals surface area contributed by atoms with Gasteiger partial charge in [0.05, 0.1) is 11.7 Å². The Balaban J connectivity index is 1.84. The first-order chi connectivity index (χ1) is 14.9. The van der Waals surface area contributed by atoms with Crippen molar-refractivity contribution in [1.82, 2.24) is 4.98 Å². The second-order valence-electron chi connectivity index (χ2n) is 7.25. The standard InChI is InChI=1S/C20H17F6N3O3/c1-19(8-16(20(24,25)26)32-18(27)29-19)12-6-10(2-4-13(12)21)7-15(30)14-5-3-11(9-28-14)31-17(22)23/h2-6,9,16-17H,7-8H2,1H3,(H2,27,29)/t16-,19-/m0/s1.